The topological polar surface area (TPSA) is 64.7 Å². The van der Waals surface area contributed by atoms with Crippen LogP contribution in [0.1, 0.15) is 0 Å². The first-order valence-electron chi connectivity index (χ1n) is 4.69. The minimum absolute atomic E-state index is 0.189. The maximum Gasteiger partial charge on any atom is 0.271 e. The van der Waals surface area contributed by atoms with E-state index >= 15 is 0 Å². The summed E-state index contributed by atoms with van der Waals surface area (Å²) in [4.78, 5) is 25.7. The first-order chi connectivity index (χ1) is 7.15. The quantitative estimate of drug-likeness (QED) is 0.557. The van der Waals surface area contributed by atoms with Crippen LogP contribution in [-0.2, 0) is 9.59 Å². The largest absolute Gasteiger partial charge is 0.373 e. The fourth-order valence-corrected chi connectivity index (χ4v) is 1.65. The van der Waals surface area contributed by atoms with Crippen LogP contribution in [0.3, 0.4) is 0 Å². The molecule has 0 radical (unpaired) electrons. The highest BCUT2D eigenvalue weighted by Crippen LogP contribution is 2.19. The second kappa shape index (κ2) is 4.68. The molecular formula is C9H16N4O2. The van der Waals surface area contributed by atoms with Crippen molar-refractivity contribution >= 4 is 12.2 Å². The van der Waals surface area contributed by atoms with Gasteiger partial charge >= 0.3 is 0 Å². The van der Waals surface area contributed by atoms with Gasteiger partial charge in [-0.25, -0.2) is 0 Å². The molecule has 1 amide bonds. The molecule has 6 nitrogen and oxygen atoms in total. The molecule has 15 heavy (non-hydrogen) atoms. The Morgan fingerprint density at radius 1 is 1.53 bits per heavy atom. The van der Waals surface area contributed by atoms with Gasteiger partial charge < -0.3 is 25.2 Å². The van der Waals surface area contributed by atoms with Crippen molar-refractivity contribution in [3.05, 3.63) is 11.5 Å². The Morgan fingerprint density at radius 2 is 2.20 bits per heavy atom. The van der Waals surface area contributed by atoms with Crippen molar-refractivity contribution in [2.75, 3.05) is 34.4 Å². The van der Waals surface area contributed by atoms with E-state index in [0.29, 0.717) is 12.4 Å². The average molecular weight is 212 g/mol. The Morgan fingerprint density at radius 3 is 2.67 bits per heavy atom. The number of hydrogen-bond acceptors (Lipinski definition) is 5. The molecule has 0 fully saturated rings. The highest BCUT2D eigenvalue weighted by Gasteiger charge is 2.29. The molecule has 1 heterocycles. The van der Waals surface area contributed by atoms with Crippen LogP contribution in [0.5, 0.6) is 0 Å². The minimum Gasteiger partial charge on any atom is -0.373 e. The summed E-state index contributed by atoms with van der Waals surface area (Å²) in [5.74, 6) is 0.543. The number of amides is 1. The van der Waals surface area contributed by atoms with Crippen LogP contribution in [0, 0.1) is 0 Å². The fourth-order valence-electron chi connectivity index (χ4n) is 1.65. The van der Waals surface area contributed by atoms with Gasteiger partial charge in [0.05, 0.1) is 13.2 Å². The number of nitrogens with zero attached hydrogens (tertiary/aromatic N) is 2. The second-order valence-corrected chi connectivity index (χ2v) is 3.25. The standard InChI is InChI=1S/C9H16N4O2/c1-10-8-7(9(15)11-2)13(4-5-14)6-12(8)3/h5,10H,4,6H2,1-3H3,(H,11,15). The van der Waals surface area contributed by atoms with Gasteiger partial charge in [-0.2, -0.15) is 0 Å². The Bertz CT molecular complexity index is 300. The van der Waals surface area contributed by atoms with Crippen molar-refractivity contribution < 1.29 is 9.59 Å². The molecule has 0 unspecified atom stereocenters. The van der Waals surface area contributed by atoms with E-state index in [0.717, 1.165) is 12.1 Å². The first-order valence-corrected chi connectivity index (χ1v) is 4.69. The summed E-state index contributed by atoms with van der Waals surface area (Å²) in [6.07, 6.45) is 0.787. The van der Waals surface area contributed by atoms with Gasteiger partial charge in [-0.15, -0.1) is 0 Å². The van der Waals surface area contributed by atoms with Crippen LogP contribution in [-0.4, -0.2) is 56.3 Å². The van der Waals surface area contributed by atoms with Gasteiger partial charge in [-0.1, -0.05) is 0 Å². The SMILES string of the molecule is CNC(=O)C1=C(NC)N(C)CN1CC=O. The predicted molar refractivity (Wildman–Crippen MR) is 55.6 cm³/mol. The van der Waals surface area contributed by atoms with E-state index in [9.17, 15) is 9.59 Å². The molecule has 0 saturated heterocycles. The lowest BCUT2D eigenvalue weighted by atomic mass is 10.3. The number of carbonyl (C=O) groups excluding carboxylic acids is 2. The van der Waals surface area contributed by atoms with E-state index < -0.39 is 0 Å². The summed E-state index contributed by atoms with van der Waals surface area (Å²) in [6, 6.07) is 0. The fraction of sp³-hybridized carbons (Fsp3) is 0.556. The molecule has 0 aromatic carbocycles. The molecule has 2 N–H and O–H groups in total. The van der Waals surface area contributed by atoms with Gasteiger partial charge in [0.15, 0.2) is 0 Å². The van der Waals surface area contributed by atoms with Crippen LogP contribution in [0.4, 0.5) is 0 Å². The van der Waals surface area contributed by atoms with E-state index in [2.05, 4.69) is 10.6 Å². The molecule has 0 bridgehead atoms. The Labute approximate surface area is 88.9 Å². The summed E-state index contributed by atoms with van der Waals surface area (Å²) in [5, 5.41) is 5.51. The predicted octanol–water partition coefficient (Wildman–Crippen LogP) is -1.48. The normalized spacial score (nSPS) is 15.7. The third-order valence-corrected chi connectivity index (χ3v) is 2.28. The Hall–Kier alpha value is -1.72. The van der Waals surface area contributed by atoms with Crippen molar-refractivity contribution in [3.8, 4) is 0 Å². The highest BCUT2D eigenvalue weighted by molar-refractivity contribution is 5.93. The lowest BCUT2D eigenvalue weighted by molar-refractivity contribution is -0.118. The van der Waals surface area contributed by atoms with Gasteiger partial charge in [-0.3, -0.25) is 4.79 Å². The van der Waals surface area contributed by atoms with Crippen molar-refractivity contribution in [1.29, 1.82) is 0 Å². The number of likely N-dealkylation sites (N-methyl/N-ethyl adjacent to an activating group) is 1. The number of rotatable bonds is 4. The molecule has 0 saturated carbocycles. The first kappa shape index (κ1) is 11.4. The van der Waals surface area contributed by atoms with Gasteiger partial charge in [0.2, 0.25) is 0 Å². The lowest BCUT2D eigenvalue weighted by Gasteiger charge is -2.17. The zero-order valence-electron chi connectivity index (χ0n) is 9.20. The molecule has 0 spiro atoms. The van der Waals surface area contributed by atoms with Gasteiger partial charge in [-0.05, 0) is 0 Å². The van der Waals surface area contributed by atoms with E-state index in [1.165, 1.54) is 0 Å². The van der Waals surface area contributed by atoms with Gasteiger partial charge in [0.25, 0.3) is 5.91 Å². The van der Waals surface area contributed by atoms with Crippen molar-refractivity contribution in [2.45, 2.75) is 0 Å². The molecule has 0 aromatic heterocycles. The smallest absolute Gasteiger partial charge is 0.271 e. The van der Waals surface area contributed by atoms with E-state index in [-0.39, 0.29) is 12.5 Å². The maximum atomic E-state index is 11.6. The number of aldehydes is 1. The number of nitrogens with one attached hydrogen (secondary N) is 2. The van der Waals surface area contributed by atoms with Gasteiger partial charge in [0, 0.05) is 21.1 Å². The molecular weight excluding hydrogens is 196 g/mol. The lowest BCUT2D eigenvalue weighted by Crippen LogP contribution is -2.33. The Kier molecular flexibility index (Phi) is 3.54. The van der Waals surface area contributed by atoms with E-state index in [1.54, 1.807) is 19.0 Å². The van der Waals surface area contributed by atoms with Crippen LogP contribution < -0.4 is 10.6 Å². The monoisotopic (exact) mass is 212 g/mol. The average Bonchev–Trinajstić information content (AvgIpc) is 2.54. The van der Waals surface area contributed by atoms with Crippen LogP contribution in [0.25, 0.3) is 0 Å². The summed E-state index contributed by atoms with van der Waals surface area (Å²) in [7, 11) is 5.18. The maximum absolute atomic E-state index is 11.6. The summed E-state index contributed by atoms with van der Waals surface area (Å²) in [5.41, 5.74) is 0.509. The third kappa shape index (κ3) is 2.03. The minimum atomic E-state index is -0.189. The zero-order chi connectivity index (χ0) is 11.4. The van der Waals surface area contributed by atoms with Crippen LogP contribution >= 0.6 is 0 Å². The van der Waals surface area contributed by atoms with Gasteiger partial charge in [0.1, 0.15) is 17.8 Å². The van der Waals surface area contributed by atoms with E-state index in [4.69, 9.17) is 0 Å². The molecule has 1 aliphatic rings. The van der Waals surface area contributed by atoms with E-state index in [1.807, 2.05) is 11.9 Å². The number of hydrogen-bond donors (Lipinski definition) is 2. The molecule has 0 atom stereocenters. The molecule has 1 aliphatic heterocycles. The second-order valence-electron chi connectivity index (χ2n) is 3.25. The molecule has 1 rings (SSSR count). The zero-order valence-corrected chi connectivity index (χ0v) is 9.20. The molecule has 84 valence electrons. The molecule has 6 heteroatoms. The Balaban J connectivity index is 3.00. The van der Waals surface area contributed by atoms with Crippen LogP contribution in [0.2, 0.25) is 0 Å². The summed E-state index contributed by atoms with van der Waals surface area (Å²) >= 11 is 0. The van der Waals surface area contributed by atoms with Crippen molar-refractivity contribution in [2.24, 2.45) is 0 Å². The third-order valence-electron chi connectivity index (χ3n) is 2.28. The highest BCUT2D eigenvalue weighted by atomic mass is 16.2. The van der Waals surface area contributed by atoms with Crippen molar-refractivity contribution in [1.82, 2.24) is 20.4 Å². The molecule has 0 aliphatic carbocycles. The molecule has 0 aromatic rings. The van der Waals surface area contributed by atoms with Crippen LogP contribution in [0.15, 0.2) is 11.5 Å². The summed E-state index contributed by atoms with van der Waals surface area (Å²) in [6.45, 7) is 0.760. The van der Waals surface area contributed by atoms with Crippen molar-refractivity contribution in [3.63, 3.8) is 0 Å². The number of carbonyl (C=O) groups is 2. The summed E-state index contributed by atoms with van der Waals surface area (Å²) < 4.78 is 0.